The highest BCUT2D eigenvalue weighted by Gasteiger charge is 2.41. The van der Waals surface area contributed by atoms with Gasteiger partial charge in [-0.25, -0.2) is 0 Å². The molecule has 0 aliphatic carbocycles. The average molecular weight is 690 g/mol. The number of nitrogens with two attached hydrogens (primary N) is 1. The first-order valence-electron chi connectivity index (χ1n) is 17.8. The normalized spacial score (nSPS) is 20.9. The van der Waals surface area contributed by atoms with Crippen LogP contribution in [0.5, 0.6) is 11.5 Å². The summed E-state index contributed by atoms with van der Waals surface area (Å²) in [6, 6.07) is 21.5. The molecule has 2 unspecified atom stereocenters. The number of β-amino-alcohol motifs (C(OH)–C–C–N with tert-alkyl or cyclic N) is 1. The topological polar surface area (TPSA) is 125 Å². The SMILES string of the molecule is COCCCC(O[C@H]1CN(C(=O)C(C)N)C[C@@H](O)[C@@H]1c1ccc(OCCCOCc2ccccc2OC)cc1)c1ccc2c(c1)NCC2(C)C. The molecule has 0 bridgehead atoms. The zero-order valence-electron chi connectivity index (χ0n) is 30.2. The smallest absolute Gasteiger partial charge is 0.239 e. The number of carbonyl (C=O) groups excluding carboxylic acids is 1. The maximum atomic E-state index is 13.1. The number of hydrogen-bond acceptors (Lipinski definition) is 9. The monoisotopic (exact) mass is 689 g/mol. The van der Waals surface area contributed by atoms with Crippen molar-refractivity contribution < 1.29 is 33.6 Å². The van der Waals surface area contributed by atoms with Crippen LogP contribution in [-0.2, 0) is 31.0 Å². The van der Waals surface area contributed by atoms with Crippen molar-refractivity contribution in [1.29, 1.82) is 0 Å². The highest BCUT2D eigenvalue weighted by Crippen LogP contribution is 2.41. The van der Waals surface area contributed by atoms with Crippen molar-refractivity contribution in [1.82, 2.24) is 4.90 Å². The number of ether oxygens (including phenoxy) is 5. The minimum Gasteiger partial charge on any atom is -0.496 e. The molecule has 1 saturated heterocycles. The van der Waals surface area contributed by atoms with E-state index in [0.717, 1.165) is 59.7 Å². The Morgan fingerprint density at radius 3 is 2.54 bits per heavy atom. The van der Waals surface area contributed by atoms with Crippen molar-refractivity contribution in [2.24, 2.45) is 5.73 Å². The van der Waals surface area contributed by atoms with Gasteiger partial charge >= 0.3 is 0 Å². The Bertz CT molecular complexity index is 1530. The van der Waals surface area contributed by atoms with Crippen molar-refractivity contribution in [2.75, 3.05) is 59.0 Å². The number of methoxy groups -OCH3 is 2. The number of fused-ring (bicyclic) bond motifs is 1. The van der Waals surface area contributed by atoms with Crippen LogP contribution in [0.2, 0.25) is 0 Å². The number of anilines is 1. The van der Waals surface area contributed by atoms with Crippen molar-refractivity contribution in [3.8, 4) is 11.5 Å². The molecule has 1 fully saturated rings. The van der Waals surface area contributed by atoms with Gasteiger partial charge in [0.15, 0.2) is 0 Å². The lowest BCUT2D eigenvalue weighted by Crippen LogP contribution is -2.56. The molecule has 2 aliphatic rings. The molecule has 3 aromatic rings. The second-order valence-electron chi connectivity index (χ2n) is 14.1. The summed E-state index contributed by atoms with van der Waals surface area (Å²) in [5, 5.41) is 15.1. The first kappa shape index (κ1) is 37.6. The number of para-hydroxylation sites is 1. The zero-order valence-corrected chi connectivity index (χ0v) is 30.2. The van der Waals surface area contributed by atoms with Gasteiger partial charge < -0.3 is 44.7 Å². The number of aliphatic hydroxyl groups excluding tert-OH is 1. The molecule has 50 heavy (non-hydrogen) atoms. The Labute approximate surface area is 297 Å². The molecule has 1 amide bonds. The third-order valence-corrected chi connectivity index (χ3v) is 9.76. The van der Waals surface area contributed by atoms with Gasteiger partial charge in [-0.15, -0.1) is 0 Å². The van der Waals surface area contributed by atoms with E-state index >= 15 is 0 Å². The molecular formula is C40H55N3O7. The van der Waals surface area contributed by atoms with E-state index in [4.69, 9.17) is 29.4 Å². The summed E-state index contributed by atoms with van der Waals surface area (Å²) in [5.74, 6) is 0.993. The van der Waals surface area contributed by atoms with E-state index in [9.17, 15) is 9.90 Å². The summed E-state index contributed by atoms with van der Waals surface area (Å²) in [4.78, 5) is 14.7. The van der Waals surface area contributed by atoms with Gasteiger partial charge in [0.25, 0.3) is 0 Å². The highest BCUT2D eigenvalue weighted by molar-refractivity contribution is 5.81. The molecule has 0 saturated carbocycles. The summed E-state index contributed by atoms with van der Waals surface area (Å²) in [7, 11) is 3.36. The third-order valence-electron chi connectivity index (χ3n) is 9.76. The van der Waals surface area contributed by atoms with Crippen LogP contribution in [0.3, 0.4) is 0 Å². The number of benzene rings is 3. The Balaban J connectivity index is 1.27. The molecule has 0 radical (unpaired) electrons. The molecule has 0 aromatic heterocycles. The predicted octanol–water partition coefficient (Wildman–Crippen LogP) is 5.57. The number of nitrogens with one attached hydrogen (secondary N) is 1. The van der Waals surface area contributed by atoms with Crippen molar-refractivity contribution >= 4 is 11.6 Å². The molecule has 5 atom stereocenters. The minimum atomic E-state index is -0.842. The number of hydrogen-bond donors (Lipinski definition) is 3. The van der Waals surface area contributed by atoms with Crippen molar-refractivity contribution in [2.45, 2.75) is 82.3 Å². The lowest BCUT2D eigenvalue weighted by Gasteiger charge is -2.43. The predicted molar refractivity (Wildman–Crippen MR) is 195 cm³/mol. The fourth-order valence-electron chi connectivity index (χ4n) is 7.01. The molecule has 0 spiro atoms. The number of piperidine rings is 1. The van der Waals surface area contributed by atoms with Gasteiger partial charge in [0, 0.05) is 62.4 Å². The van der Waals surface area contributed by atoms with Crippen LogP contribution in [0, 0.1) is 0 Å². The first-order valence-corrected chi connectivity index (χ1v) is 17.8. The molecule has 10 heteroatoms. The number of likely N-dealkylation sites (tertiary alicyclic amines) is 1. The molecule has 272 valence electrons. The van der Waals surface area contributed by atoms with Crippen LogP contribution in [0.15, 0.2) is 66.7 Å². The van der Waals surface area contributed by atoms with E-state index < -0.39 is 18.2 Å². The maximum absolute atomic E-state index is 13.1. The van der Waals surface area contributed by atoms with E-state index in [-0.39, 0.29) is 29.9 Å². The van der Waals surface area contributed by atoms with Gasteiger partial charge in [-0.2, -0.15) is 0 Å². The van der Waals surface area contributed by atoms with Gasteiger partial charge in [0.05, 0.1) is 51.3 Å². The third kappa shape index (κ3) is 9.35. The second-order valence-corrected chi connectivity index (χ2v) is 14.1. The molecule has 4 N–H and O–H groups in total. The van der Waals surface area contributed by atoms with E-state index in [1.54, 1.807) is 26.0 Å². The Morgan fingerprint density at radius 1 is 1.02 bits per heavy atom. The van der Waals surface area contributed by atoms with Gasteiger partial charge in [0.1, 0.15) is 11.5 Å². The van der Waals surface area contributed by atoms with Gasteiger partial charge in [-0.1, -0.05) is 56.3 Å². The van der Waals surface area contributed by atoms with Gasteiger partial charge in [-0.3, -0.25) is 4.79 Å². The highest BCUT2D eigenvalue weighted by atomic mass is 16.5. The van der Waals surface area contributed by atoms with Crippen molar-refractivity contribution in [3.63, 3.8) is 0 Å². The van der Waals surface area contributed by atoms with Crippen LogP contribution >= 0.6 is 0 Å². The van der Waals surface area contributed by atoms with Crippen LogP contribution < -0.4 is 20.5 Å². The van der Waals surface area contributed by atoms with E-state index in [1.165, 1.54) is 5.56 Å². The number of carbonyl (C=O) groups is 1. The van der Waals surface area contributed by atoms with Crippen LogP contribution in [-0.4, -0.2) is 87.8 Å². The zero-order chi connectivity index (χ0) is 35.7. The summed E-state index contributed by atoms with van der Waals surface area (Å²) in [5.41, 5.74) is 11.5. The maximum Gasteiger partial charge on any atom is 0.239 e. The molecule has 3 aromatic carbocycles. The van der Waals surface area contributed by atoms with Crippen LogP contribution in [0.25, 0.3) is 0 Å². The summed E-state index contributed by atoms with van der Waals surface area (Å²) >= 11 is 0. The number of aliphatic hydroxyl groups is 1. The fourth-order valence-corrected chi connectivity index (χ4v) is 7.01. The van der Waals surface area contributed by atoms with Gasteiger partial charge in [-0.05, 0) is 60.7 Å². The minimum absolute atomic E-state index is 0.0549. The van der Waals surface area contributed by atoms with E-state index in [1.807, 2.05) is 48.5 Å². The number of amides is 1. The Kier molecular flexibility index (Phi) is 13.2. The fraction of sp³-hybridized carbons (Fsp3) is 0.525. The summed E-state index contributed by atoms with van der Waals surface area (Å²) in [6.07, 6.45) is 0.684. The molecule has 2 heterocycles. The lowest BCUT2D eigenvalue weighted by atomic mass is 9.84. The number of nitrogens with zero attached hydrogens (tertiary/aromatic N) is 1. The molecule has 5 rings (SSSR count). The lowest BCUT2D eigenvalue weighted by molar-refractivity contribution is -0.146. The first-order chi connectivity index (χ1) is 24.1. The van der Waals surface area contributed by atoms with Crippen LogP contribution in [0.4, 0.5) is 5.69 Å². The molecule has 2 aliphatic heterocycles. The Hall–Kier alpha value is -3.67. The van der Waals surface area contributed by atoms with E-state index in [2.05, 4.69) is 37.4 Å². The second kappa shape index (κ2) is 17.5. The molecular weight excluding hydrogens is 634 g/mol. The largest absolute Gasteiger partial charge is 0.496 e. The summed E-state index contributed by atoms with van der Waals surface area (Å²) in [6.45, 7) is 9.70. The summed E-state index contributed by atoms with van der Waals surface area (Å²) < 4.78 is 29.6. The average Bonchev–Trinajstić information content (AvgIpc) is 3.42. The van der Waals surface area contributed by atoms with Crippen LogP contribution in [0.1, 0.15) is 74.3 Å². The quantitative estimate of drug-likeness (QED) is 0.156. The Morgan fingerprint density at radius 2 is 1.80 bits per heavy atom. The molecule has 10 nitrogen and oxygen atoms in total. The van der Waals surface area contributed by atoms with Gasteiger partial charge in [0.2, 0.25) is 5.91 Å². The standard InChI is InChI=1S/C40H55N3O7/c1-27(41)39(45)43-23-34(44)38(28-13-16-31(17-14-28)49-21-9-20-48-25-30-10-6-7-11-35(30)47-5)37(24-43)50-36(12-8-19-46-4)29-15-18-32-33(22-29)42-26-40(32,2)3/h6-7,10-11,13-18,22,27,34,36-38,42,44H,8-9,12,19-21,23-26,41H2,1-5H3/t27?,34-,36?,37+,38+/m1/s1. The van der Waals surface area contributed by atoms with Crippen molar-refractivity contribution in [3.05, 3.63) is 89.0 Å². The number of rotatable bonds is 17. The van der Waals surface area contributed by atoms with E-state index in [0.29, 0.717) is 33.0 Å².